The standard InChI is InChI=1S/C15H14ClN5O2S/c1-9-7-10(16)4-5-11(9)18-13(22)8-24-15-20-19-14(21(15)17)12-3-2-6-23-12/h2-7H,8,17H2,1H3,(H,18,22). The molecule has 0 aliphatic rings. The minimum absolute atomic E-state index is 0.148. The molecule has 1 aromatic carbocycles. The third kappa shape index (κ3) is 3.55. The summed E-state index contributed by atoms with van der Waals surface area (Å²) in [6, 6.07) is 8.75. The molecule has 3 aromatic rings. The average Bonchev–Trinajstić information content (AvgIpc) is 3.18. The molecule has 0 atom stereocenters. The molecular weight excluding hydrogens is 350 g/mol. The van der Waals surface area contributed by atoms with Gasteiger partial charge in [0, 0.05) is 10.7 Å². The van der Waals surface area contributed by atoms with Crippen LogP contribution >= 0.6 is 23.4 Å². The number of aryl methyl sites for hydroxylation is 1. The van der Waals surface area contributed by atoms with Crippen molar-refractivity contribution in [2.75, 3.05) is 16.9 Å². The molecule has 0 saturated carbocycles. The number of amides is 1. The van der Waals surface area contributed by atoms with Crippen LogP contribution in [0, 0.1) is 6.92 Å². The number of rotatable bonds is 5. The van der Waals surface area contributed by atoms with Crippen molar-refractivity contribution in [3.8, 4) is 11.6 Å². The van der Waals surface area contributed by atoms with Crippen molar-refractivity contribution in [3.05, 3.63) is 47.2 Å². The molecule has 9 heteroatoms. The van der Waals surface area contributed by atoms with Gasteiger partial charge in [-0.25, -0.2) is 4.68 Å². The lowest BCUT2D eigenvalue weighted by Crippen LogP contribution is -2.16. The first-order valence-electron chi connectivity index (χ1n) is 6.98. The number of thioether (sulfide) groups is 1. The normalized spacial score (nSPS) is 10.8. The second-order valence-corrected chi connectivity index (χ2v) is 6.33. The van der Waals surface area contributed by atoms with Crippen LogP contribution in [0.25, 0.3) is 11.6 Å². The molecule has 1 amide bonds. The van der Waals surface area contributed by atoms with E-state index in [4.69, 9.17) is 21.9 Å². The molecule has 0 aliphatic heterocycles. The zero-order valence-electron chi connectivity index (χ0n) is 12.7. The summed E-state index contributed by atoms with van der Waals surface area (Å²) < 4.78 is 6.53. The van der Waals surface area contributed by atoms with Gasteiger partial charge in [-0.1, -0.05) is 23.4 Å². The second kappa shape index (κ2) is 6.98. The van der Waals surface area contributed by atoms with Crippen molar-refractivity contribution < 1.29 is 9.21 Å². The second-order valence-electron chi connectivity index (χ2n) is 4.95. The van der Waals surface area contributed by atoms with Crippen LogP contribution in [0.15, 0.2) is 46.2 Å². The monoisotopic (exact) mass is 363 g/mol. The lowest BCUT2D eigenvalue weighted by molar-refractivity contribution is -0.113. The third-order valence-corrected chi connectivity index (χ3v) is 4.38. The van der Waals surface area contributed by atoms with E-state index < -0.39 is 0 Å². The maximum Gasteiger partial charge on any atom is 0.234 e. The summed E-state index contributed by atoms with van der Waals surface area (Å²) in [6.45, 7) is 1.88. The van der Waals surface area contributed by atoms with E-state index in [1.807, 2.05) is 6.92 Å². The topological polar surface area (TPSA) is 99.0 Å². The number of nitrogens with zero attached hydrogens (tertiary/aromatic N) is 3. The average molecular weight is 364 g/mol. The van der Waals surface area contributed by atoms with E-state index in [9.17, 15) is 4.79 Å². The quantitative estimate of drug-likeness (QED) is 0.534. The van der Waals surface area contributed by atoms with Crippen molar-refractivity contribution in [1.29, 1.82) is 0 Å². The van der Waals surface area contributed by atoms with E-state index in [0.29, 0.717) is 21.8 Å². The summed E-state index contributed by atoms with van der Waals surface area (Å²) in [5, 5.41) is 11.8. The number of nitrogen functional groups attached to an aromatic ring is 1. The van der Waals surface area contributed by atoms with Crippen LogP contribution in [0.2, 0.25) is 5.02 Å². The summed E-state index contributed by atoms with van der Waals surface area (Å²) in [4.78, 5) is 12.1. The maximum absolute atomic E-state index is 12.1. The molecule has 0 bridgehead atoms. The zero-order valence-corrected chi connectivity index (χ0v) is 14.3. The maximum atomic E-state index is 12.1. The molecule has 0 spiro atoms. The highest BCUT2D eigenvalue weighted by atomic mass is 35.5. The minimum Gasteiger partial charge on any atom is -0.461 e. The van der Waals surface area contributed by atoms with Gasteiger partial charge in [0.2, 0.25) is 16.9 Å². The van der Waals surface area contributed by atoms with Gasteiger partial charge in [0.25, 0.3) is 0 Å². The molecule has 2 heterocycles. The number of anilines is 1. The number of furan rings is 1. The first-order chi connectivity index (χ1) is 11.5. The predicted molar refractivity (Wildman–Crippen MR) is 93.4 cm³/mol. The Hall–Kier alpha value is -2.45. The highest BCUT2D eigenvalue weighted by Crippen LogP contribution is 2.23. The summed E-state index contributed by atoms with van der Waals surface area (Å²) >= 11 is 7.09. The van der Waals surface area contributed by atoms with Crippen LogP contribution in [0.1, 0.15) is 5.56 Å². The molecule has 7 nitrogen and oxygen atoms in total. The fourth-order valence-corrected chi connectivity index (χ4v) is 2.92. The Balaban J connectivity index is 1.62. The van der Waals surface area contributed by atoms with Crippen LogP contribution in [0.3, 0.4) is 0 Å². The molecule has 0 radical (unpaired) electrons. The van der Waals surface area contributed by atoms with Gasteiger partial charge in [-0.15, -0.1) is 10.2 Å². The molecule has 0 aliphatic carbocycles. The first-order valence-corrected chi connectivity index (χ1v) is 8.34. The Morgan fingerprint density at radius 3 is 2.96 bits per heavy atom. The largest absolute Gasteiger partial charge is 0.461 e. The van der Waals surface area contributed by atoms with Crippen LogP contribution in [0.4, 0.5) is 5.69 Å². The Bertz CT molecular complexity index is 863. The number of hydrogen-bond donors (Lipinski definition) is 2. The van der Waals surface area contributed by atoms with Crippen molar-refractivity contribution in [1.82, 2.24) is 14.9 Å². The first kappa shape index (κ1) is 16.4. The molecule has 0 unspecified atom stereocenters. The lowest BCUT2D eigenvalue weighted by atomic mass is 10.2. The number of carbonyl (C=O) groups excluding carboxylic acids is 1. The van der Waals surface area contributed by atoms with Gasteiger partial charge in [0.1, 0.15) is 0 Å². The molecule has 0 saturated heterocycles. The highest BCUT2D eigenvalue weighted by molar-refractivity contribution is 7.99. The zero-order chi connectivity index (χ0) is 17.1. The van der Waals surface area contributed by atoms with Gasteiger partial charge in [-0.2, -0.15) is 0 Å². The molecule has 124 valence electrons. The minimum atomic E-state index is -0.173. The van der Waals surface area contributed by atoms with Gasteiger partial charge in [-0.05, 0) is 42.8 Å². The van der Waals surface area contributed by atoms with Crippen molar-refractivity contribution in [3.63, 3.8) is 0 Å². The van der Waals surface area contributed by atoms with Crippen molar-refractivity contribution in [2.45, 2.75) is 12.1 Å². The van der Waals surface area contributed by atoms with E-state index in [1.165, 1.54) is 22.7 Å². The van der Waals surface area contributed by atoms with Gasteiger partial charge in [0.15, 0.2) is 5.76 Å². The Labute approximate surface area is 147 Å². The van der Waals surface area contributed by atoms with E-state index in [-0.39, 0.29) is 11.7 Å². The van der Waals surface area contributed by atoms with E-state index >= 15 is 0 Å². The third-order valence-electron chi connectivity index (χ3n) is 3.20. The summed E-state index contributed by atoms with van der Waals surface area (Å²) in [6.07, 6.45) is 1.53. The number of aromatic nitrogens is 3. The molecule has 3 rings (SSSR count). The van der Waals surface area contributed by atoms with E-state index in [2.05, 4.69) is 15.5 Å². The van der Waals surface area contributed by atoms with Gasteiger partial charge in [-0.3, -0.25) is 4.79 Å². The number of nitrogens with one attached hydrogen (secondary N) is 1. The fraction of sp³-hybridized carbons (Fsp3) is 0.133. The number of benzene rings is 1. The SMILES string of the molecule is Cc1cc(Cl)ccc1NC(=O)CSc1nnc(-c2ccco2)n1N. The number of halogens is 1. The Kier molecular flexibility index (Phi) is 4.77. The van der Waals surface area contributed by atoms with Crippen LogP contribution < -0.4 is 11.2 Å². The van der Waals surface area contributed by atoms with Crippen molar-refractivity contribution in [2.24, 2.45) is 0 Å². The number of hydrogen-bond acceptors (Lipinski definition) is 6. The summed E-state index contributed by atoms with van der Waals surface area (Å²) in [5.74, 6) is 6.83. The molecular formula is C15H14ClN5O2S. The summed E-state index contributed by atoms with van der Waals surface area (Å²) in [7, 11) is 0. The van der Waals surface area contributed by atoms with Gasteiger partial charge in [0.05, 0.1) is 12.0 Å². The Morgan fingerprint density at radius 1 is 1.42 bits per heavy atom. The van der Waals surface area contributed by atoms with Crippen LogP contribution in [-0.2, 0) is 4.79 Å². The smallest absolute Gasteiger partial charge is 0.234 e. The van der Waals surface area contributed by atoms with Gasteiger partial charge < -0.3 is 15.6 Å². The highest BCUT2D eigenvalue weighted by Gasteiger charge is 2.15. The molecule has 24 heavy (non-hydrogen) atoms. The van der Waals surface area contributed by atoms with Crippen molar-refractivity contribution >= 4 is 35.0 Å². The molecule has 0 fully saturated rings. The lowest BCUT2D eigenvalue weighted by Gasteiger charge is -2.08. The van der Waals surface area contributed by atoms with E-state index in [0.717, 1.165) is 11.3 Å². The molecule has 2 aromatic heterocycles. The van der Waals surface area contributed by atoms with E-state index in [1.54, 1.807) is 30.3 Å². The fourth-order valence-electron chi connectivity index (χ4n) is 2.03. The number of nitrogens with two attached hydrogens (primary N) is 1. The Morgan fingerprint density at radius 2 is 2.25 bits per heavy atom. The van der Waals surface area contributed by atoms with Gasteiger partial charge >= 0.3 is 0 Å². The summed E-state index contributed by atoms with van der Waals surface area (Å²) in [5.41, 5.74) is 1.61. The number of carbonyl (C=O) groups is 1. The van der Waals surface area contributed by atoms with Crippen LogP contribution in [0.5, 0.6) is 0 Å². The molecule has 3 N–H and O–H groups in total. The van der Waals surface area contributed by atoms with Crippen LogP contribution in [-0.4, -0.2) is 26.5 Å². The predicted octanol–water partition coefficient (Wildman–Crippen LogP) is 2.94.